The topological polar surface area (TPSA) is 36.3 Å². The van der Waals surface area contributed by atoms with Gasteiger partial charge in [-0.1, -0.05) is 17.7 Å². The van der Waals surface area contributed by atoms with E-state index in [1.54, 1.807) is 7.11 Å². The Morgan fingerprint density at radius 1 is 1.15 bits per heavy atom. The summed E-state index contributed by atoms with van der Waals surface area (Å²) in [5, 5.41) is 8.82. The normalized spacial score (nSPS) is 9.90. The molecule has 0 aliphatic rings. The highest BCUT2D eigenvalue weighted by Crippen LogP contribution is 2.23. The molecule has 0 aliphatic carbocycles. The molecule has 0 aliphatic heterocycles. The number of anilines is 1. The van der Waals surface area contributed by atoms with Gasteiger partial charge in [0.1, 0.15) is 5.75 Å². The van der Waals surface area contributed by atoms with Gasteiger partial charge in [0, 0.05) is 24.8 Å². The van der Waals surface area contributed by atoms with E-state index < -0.39 is 0 Å². The van der Waals surface area contributed by atoms with Crippen LogP contribution in [0.15, 0.2) is 42.5 Å². The van der Waals surface area contributed by atoms with Crippen LogP contribution >= 0.6 is 0 Å². The van der Waals surface area contributed by atoms with E-state index in [9.17, 15) is 0 Å². The summed E-state index contributed by atoms with van der Waals surface area (Å²) in [6, 6.07) is 15.9. The minimum atomic E-state index is 0.676. The number of methoxy groups -OCH3 is 1. The molecule has 3 nitrogen and oxygen atoms in total. The first-order valence-corrected chi connectivity index (χ1v) is 6.49. The van der Waals surface area contributed by atoms with Gasteiger partial charge >= 0.3 is 0 Å². The Kier molecular flexibility index (Phi) is 4.27. The summed E-state index contributed by atoms with van der Waals surface area (Å²) in [6.45, 7) is 2.83. The Hall–Kier alpha value is -2.47. The van der Waals surface area contributed by atoms with Crippen LogP contribution < -0.4 is 9.64 Å². The third kappa shape index (κ3) is 3.10. The molecule has 0 aromatic heterocycles. The predicted molar refractivity (Wildman–Crippen MR) is 81.0 cm³/mol. The first-order valence-electron chi connectivity index (χ1n) is 6.49. The zero-order valence-corrected chi connectivity index (χ0v) is 12.1. The van der Waals surface area contributed by atoms with Gasteiger partial charge in [-0.2, -0.15) is 5.26 Å². The van der Waals surface area contributed by atoms with Crippen LogP contribution in [0.4, 0.5) is 5.69 Å². The van der Waals surface area contributed by atoms with Crippen molar-refractivity contribution >= 4 is 5.69 Å². The van der Waals surface area contributed by atoms with Crippen molar-refractivity contribution in [3.05, 3.63) is 59.2 Å². The number of rotatable bonds is 4. The molecular weight excluding hydrogens is 248 g/mol. The number of nitriles is 1. The lowest BCUT2D eigenvalue weighted by atomic mass is 10.1. The number of ether oxygens (including phenoxy) is 1. The second-order valence-corrected chi connectivity index (χ2v) is 4.83. The molecule has 0 saturated carbocycles. The second-order valence-electron chi connectivity index (χ2n) is 4.83. The smallest absolute Gasteiger partial charge is 0.123 e. The zero-order chi connectivity index (χ0) is 14.5. The summed E-state index contributed by atoms with van der Waals surface area (Å²) >= 11 is 0. The highest BCUT2D eigenvalue weighted by Gasteiger charge is 2.07. The van der Waals surface area contributed by atoms with Crippen molar-refractivity contribution in [2.24, 2.45) is 0 Å². The van der Waals surface area contributed by atoms with E-state index in [4.69, 9.17) is 10.00 Å². The van der Waals surface area contributed by atoms with Crippen LogP contribution in [0.5, 0.6) is 5.75 Å². The summed E-state index contributed by atoms with van der Waals surface area (Å²) in [7, 11) is 3.72. The summed E-state index contributed by atoms with van der Waals surface area (Å²) in [4.78, 5) is 2.14. The molecule has 0 N–H and O–H groups in total. The lowest BCUT2D eigenvalue weighted by molar-refractivity contribution is 0.409. The van der Waals surface area contributed by atoms with Crippen molar-refractivity contribution in [1.29, 1.82) is 5.26 Å². The first-order chi connectivity index (χ1) is 9.63. The van der Waals surface area contributed by atoms with E-state index in [0.29, 0.717) is 5.56 Å². The van der Waals surface area contributed by atoms with Gasteiger partial charge in [0.05, 0.1) is 18.7 Å². The molecule has 3 heteroatoms. The molecule has 0 saturated heterocycles. The summed E-state index contributed by atoms with van der Waals surface area (Å²) in [5.74, 6) is 0.899. The number of nitrogens with zero attached hydrogens (tertiary/aromatic N) is 2. The molecule has 0 atom stereocenters. The molecular formula is C17H18N2O. The fourth-order valence-electron chi connectivity index (χ4n) is 2.17. The third-order valence-electron chi connectivity index (χ3n) is 3.28. The largest absolute Gasteiger partial charge is 0.496 e. The van der Waals surface area contributed by atoms with Crippen molar-refractivity contribution in [3.63, 3.8) is 0 Å². The van der Waals surface area contributed by atoms with E-state index in [-0.39, 0.29) is 0 Å². The van der Waals surface area contributed by atoms with Crippen LogP contribution in [-0.2, 0) is 6.54 Å². The Labute approximate surface area is 120 Å². The molecule has 0 fully saturated rings. The fraction of sp³-hybridized carbons (Fsp3) is 0.235. The second kappa shape index (κ2) is 6.12. The minimum Gasteiger partial charge on any atom is -0.496 e. The Morgan fingerprint density at radius 3 is 2.45 bits per heavy atom. The molecule has 0 bridgehead atoms. The lowest BCUT2D eigenvalue weighted by Gasteiger charge is -2.21. The number of hydrogen-bond acceptors (Lipinski definition) is 3. The average Bonchev–Trinajstić information content (AvgIpc) is 2.47. The van der Waals surface area contributed by atoms with Crippen LogP contribution in [-0.4, -0.2) is 14.2 Å². The van der Waals surface area contributed by atoms with E-state index in [1.807, 2.05) is 43.4 Å². The molecule has 0 heterocycles. The standard InChI is InChI=1S/C17H18N2O/c1-13-4-9-17(20-3)15(10-13)12-19(2)16-7-5-14(11-18)6-8-16/h4-10H,12H2,1-3H3. The van der Waals surface area contributed by atoms with Gasteiger partial charge in [0.15, 0.2) is 0 Å². The number of aryl methyl sites for hydroxylation is 1. The molecule has 0 radical (unpaired) electrons. The van der Waals surface area contributed by atoms with Gasteiger partial charge in [0.25, 0.3) is 0 Å². The van der Waals surface area contributed by atoms with Gasteiger partial charge in [-0.3, -0.25) is 0 Å². The monoisotopic (exact) mass is 266 g/mol. The van der Waals surface area contributed by atoms with E-state index in [1.165, 1.54) is 5.56 Å². The number of hydrogen-bond donors (Lipinski definition) is 0. The average molecular weight is 266 g/mol. The maximum atomic E-state index is 8.82. The predicted octanol–water partition coefficient (Wildman–Crippen LogP) is 3.51. The molecule has 2 rings (SSSR count). The maximum absolute atomic E-state index is 8.82. The summed E-state index contributed by atoms with van der Waals surface area (Å²) in [6.07, 6.45) is 0. The van der Waals surface area contributed by atoms with Crippen LogP contribution in [0.25, 0.3) is 0 Å². The SMILES string of the molecule is COc1ccc(C)cc1CN(C)c1ccc(C#N)cc1. The Morgan fingerprint density at radius 2 is 1.85 bits per heavy atom. The van der Waals surface area contributed by atoms with E-state index in [2.05, 4.69) is 24.0 Å². The van der Waals surface area contributed by atoms with E-state index in [0.717, 1.165) is 23.5 Å². The van der Waals surface area contributed by atoms with Gasteiger partial charge < -0.3 is 9.64 Å². The van der Waals surface area contributed by atoms with Crippen molar-refractivity contribution in [2.75, 3.05) is 19.1 Å². The Balaban J connectivity index is 2.20. The summed E-state index contributed by atoms with van der Waals surface area (Å²) < 4.78 is 5.40. The maximum Gasteiger partial charge on any atom is 0.123 e. The van der Waals surface area contributed by atoms with Gasteiger partial charge in [0.2, 0.25) is 0 Å². The lowest BCUT2D eigenvalue weighted by Crippen LogP contribution is -2.16. The van der Waals surface area contributed by atoms with E-state index >= 15 is 0 Å². The molecule has 20 heavy (non-hydrogen) atoms. The molecule has 0 unspecified atom stereocenters. The Bertz CT molecular complexity index is 626. The molecule has 2 aromatic rings. The van der Waals surface area contributed by atoms with Gasteiger partial charge in [-0.15, -0.1) is 0 Å². The van der Waals surface area contributed by atoms with Gasteiger partial charge in [-0.05, 0) is 37.3 Å². The van der Waals surface area contributed by atoms with Crippen molar-refractivity contribution in [1.82, 2.24) is 0 Å². The third-order valence-corrected chi connectivity index (χ3v) is 3.28. The number of benzene rings is 2. The van der Waals surface area contributed by atoms with Crippen LogP contribution in [0.2, 0.25) is 0 Å². The van der Waals surface area contributed by atoms with Crippen molar-refractivity contribution in [3.8, 4) is 11.8 Å². The van der Waals surface area contributed by atoms with Gasteiger partial charge in [-0.25, -0.2) is 0 Å². The molecule has 0 spiro atoms. The quantitative estimate of drug-likeness (QED) is 0.849. The zero-order valence-electron chi connectivity index (χ0n) is 12.1. The van der Waals surface area contributed by atoms with Crippen LogP contribution in [0, 0.1) is 18.3 Å². The highest BCUT2D eigenvalue weighted by atomic mass is 16.5. The van der Waals surface area contributed by atoms with Crippen molar-refractivity contribution < 1.29 is 4.74 Å². The highest BCUT2D eigenvalue weighted by molar-refractivity contribution is 5.50. The first kappa shape index (κ1) is 14.0. The molecule has 2 aromatic carbocycles. The molecule has 0 amide bonds. The summed E-state index contributed by atoms with van der Waals surface area (Å²) in [5.41, 5.74) is 4.12. The molecule has 102 valence electrons. The van der Waals surface area contributed by atoms with Crippen LogP contribution in [0.1, 0.15) is 16.7 Å². The van der Waals surface area contributed by atoms with Crippen molar-refractivity contribution in [2.45, 2.75) is 13.5 Å². The fourth-order valence-corrected chi connectivity index (χ4v) is 2.17. The van der Waals surface area contributed by atoms with Crippen LogP contribution in [0.3, 0.4) is 0 Å². The minimum absolute atomic E-state index is 0.676.